The van der Waals surface area contributed by atoms with Crippen LogP contribution in [0.4, 0.5) is 0 Å². The number of hydrogen-bond acceptors (Lipinski definition) is 0. The molecule has 0 amide bonds. The van der Waals surface area contributed by atoms with Crippen LogP contribution in [-0.4, -0.2) is 12.3 Å². The minimum Gasteiger partial charge on any atom is -0.122 e. The van der Waals surface area contributed by atoms with Crippen molar-refractivity contribution in [1.29, 1.82) is 0 Å². The summed E-state index contributed by atoms with van der Waals surface area (Å²) in [6, 6.07) is 0. The van der Waals surface area contributed by atoms with Crippen molar-refractivity contribution in [3.05, 3.63) is 0 Å². The molecule has 0 saturated carbocycles. The Labute approximate surface area is 93.0 Å². The first-order chi connectivity index (χ1) is 6.77. The van der Waals surface area contributed by atoms with Crippen LogP contribution in [0.5, 0.6) is 0 Å². The lowest BCUT2D eigenvalue weighted by Crippen LogP contribution is -1.90. The van der Waals surface area contributed by atoms with Gasteiger partial charge in [-0.1, -0.05) is 59.3 Å². The zero-order chi connectivity index (χ0) is 10.6. The second kappa shape index (κ2) is 11.5. The number of rotatable bonds is 10. The highest BCUT2D eigenvalue weighted by molar-refractivity contribution is 7.37. The maximum absolute atomic E-state index is 2.33. The second-order valence-electron chi connectivity index (χ2n) is 4.72. The van der Waals surface area contributed by atoms with Crippen molar-refractivity contribution in [3.8, 4) is 0 Å². The molecule has 0 rings (SSSR count). The van der Waals surface area contributed by atoms with Crippen LogP contribution in [0.3, 0.4) is 0 Å². The van der Waals surface area contributed by atoms with Crippen molar-refractivity contribution in [3.63, 3.8) is 0 Å². The van der Waals surface area contributed by atoms with Gasteiger partial charge in [0.25, 0.3) is 0 Å². The molecule has 0 aromatic heterocycles. The molecule has 1 heteroatoms. The monoisotopic (exact) mass is 216 g/mol. The molecule has 0 bridgehead atoms. The van der Waals surface area contributed by atoms with Gasteiger partial charge in [0, 0.05) is 0 Å². The van der Waals surface area contributed by atoms with Gasteiger partial charge >= 0.3 is 0 Å². The molecule has 14 heavy (non-hydrogen) atoms. The van der Waals surface area contributed by atoms with Gasteiger partial charge in [-0.25, -0.2) is 0 Å². The quantitative estimate of drug-likeness (QED) is 0.353. The molecule has 0 fully saturated rings. The first-order valence-corrected chi connectivity index (χ1v) is 7.89. The van der Waals surface area contributed by atoms with Gasteiger partial charge in [0.2, 0.25) is 0 Å². The molecular weight excluding hydrogens is 187 g/mol. The molecule has 0 spiro atoms. The molecule has 0 aliphatic carbocycles. The van der Waals surface area contributed by atoms with Crippen molar-refractivity contribution < 1.29 is 0 Å². The third kappa shape index (κ3) is 12.4. The molecule has 0 heterocycles. The summed E-state index contributed by atoms with van der Waals surface area (Å²) in [6.45, 7) is 6.95. The summed E-state index contributed by atoms with van der Waals surface area (Å²) in [7, 11) is 1.22. The van der Waals surface area contributed by atoms with Gasteiger partial charge < -0.3 is 0 Å². The highest BCUT2D eigenvalue weighted by atomic mass is 31.1. The number of unbranched alkanes of at least 4 members (excludes halogenated alkanes) is 6. The Balaban J connectivity index is 2.85. The molecule has 0 nitrogen and oxygen atoms in total. The fourth-order valence-corrected chi connectivity index (χ4v) is 2.88. The van der Waals surface area contributed by atoms with Gasteiger partial charge in [0.15, 0.2) is 0 Å². The minimum absolute atomic E-state index is 0.915. The van der Waals surface area contributed by atoms with Crippen LogP contribution in [0.15, 0.2) is 0 Å². The topological polar surface area (TPSA) is 0 Å². The maximum Gasteiger partial charge on any atom is -0.0330 e. The molecule has 0 aromatic rings. The van der Waals surface area contributed by atoms with Crippen molar-refractivity contribution in [1.82, 2.24) is 0 Å². The SMILES string of the molecule is CCCCCCCCCPCC(C)C. The van der Waals surface area contributed by atoms with E-state index in [1.807, 2.05) is 0 Å². The summed E-state index contributed by atoms with van der Waals surface area (Å²) in [5.41, 5.74) is 0. The maximum atomic E-state index is 2.33. The van der Waals surface area contributed by atoms with Crippen LogP contribution in [0, 0.1) is 5.92 Å². The average Bonchev–Trinajstić information content (AvgIpc) is 2.15. The molecule has 1 unspecified atom stereocenters. The molecule has 0 aromatic carbocycles. The third-order valence-electron chi connectivity index (χ3n) is 2.51. The highest BCUT2D eigenvalue weighted by Gasteiger charge is 1.94. The summed E-state index contributed by atoms with van der Waals surface area (Å²) in [6.07, 6.45) is 13.1. The fraction of sp³-hybridized carbons (Fsp3) is 1.00. The lowest BCUT2D eigenvalue weighted by molar-refractivity contribution is 0.603. The first kappa shape index (κ1) is 14.4. The predicted molar refractivity (Wildman–Crippen MR) is 70.9 cm³/mol. The van der Waals surface area contributed by atoms with Gasteiger partial charge in [0.1, 0.15) is 0 Å². The lowest BCUT2D eigenvalue weighted by atomic mass is 10.1. The Bertz CT molecular complexity index is 99.4. The Morgan fingerprint density at radius 1 is 0.857 bits per heavy atom. The molecule has 0 N–H and O–H groups in total. The van der Waals surface area contributed by atoms with Crippen LogP contribution in [0.2, 0.25) is 0 Å². The predicted octanol–water partition coefficient (Wildman–Crippen LogP) is 5.07. The van der Waals surface area contributed by atoms with Crippen molar-refractivity contribution in [2.45, 2.75) is 65.7 Å². The largest absolute Gasteiger partial charge is 0.122 e. The summed E-state index contributed by atoms with van der Waals surface area (Å²) in [5.74, 6) is 0.915. The van der Waals surface area contributed by atoms with Gasteiger partial charge in [-0.3, -0.25) is 0 Å². The van der Waals surface area contributed by atoms with E-state index >= 15 is 0 Å². The lowest BCUT2D eigenvalue weighted by Gasteiger charge is -2.04. The van der Waals surface area contributed by atoms with E-state index in [9.17, 15) is 0 Å². The second-order valence-corrected chi connectivity index (χ2v) is 6.13. The first-order valence-electron chi connectivity index (χ1n) is 6.48. The van der Waals surface area contributed by atoms with Crippen molar-refractivity contribution in [2.75, 3.05) is 12.3 Å². The molecule has 1 atom stereocenters. The van der Waals surface area contributed by atoms with Crippen LogP contribution in [0.1, 0.15) is 65.7 Å². The van der Waals surface area contributed by atoms with Gasteiger partial charge in [-0.05, 0) is 24.7 Å². The van der Waals surface area contributed by atoms with E-state index in [1.165, 1.54) is 65.9 Å². The highest BCUT2D eigenvalue weighted by Crippen LogP contribution is 2.18. The van der Waals surface area contributed by atoms with Gasteiger partial charge in [-0.2, -0.15) is 0 Å². The normalized spacial score (nSPS) is 12.0. The molecule has 0 aliphatic rings. The van der Waals surface area contributed by atoms with Crippen LogP contribution >= 0.6 is 8.58 Å². The van der Waals surface area contributed by atoms with Gasteiger partial charge in [0.05, 0.1) is 0 Å². The number of hydrogen-bond donors (Lipinski definition) is 0. The smallest absolute Gasteiger partial charge is 0.0330 e. The van der Waals surface area contributed by atoms with Crippen LogP contribution < -0.4 is 0 Å². The van der Waals surface area contributed by atoms with E-state index in [1.54, 1.807) is 0 Å². The molecule has 0 aliphatic heterocycles. The Morgan fingerprint density at radius 3 is 2.00 bits per heavy atom. The minimum atomic E-state index is 0.915. The molecule has 0 saturated heterocycles. The summed E-state index contributed by atoms with van der Waals surface area (Å²) in [4.78, 5) is 0. The zero-order valence-electron chi connectivity index (χ0n) is 10.4. The van der Waals surface area contributed by atoms with Crippen LogP contribution in [0.25, 0.3) is 0 Å². The Kier molecular flexibility index (Phi) is 11.9. The molecule has 86 valence electrons. The van der Waals surface area contributed by atoms with E-state index in [0.29, 0.717) is 0 Å². The van der Waals surface area contributed by atoms with E-state index in [4.69, 9.17) is 0 Å². The fourth-order valence-electron chi connectivity index (χ4n) is 1.60. The Morgan fingerprint density at radius 2 is 1.43 bits per heavy atom. The standard InChI is InChI=1S/C13H29P/c1-4-5-6-7-8-9-10-11-14-12-13(2)3/h13-14H,4-12H2,1-3H3. The molecular formula is C13H29P. The zero-order valence-corrected chi connectivity index (χ0v) is 11.4. The Hall–Kier alpha value is 0.430. The third-order valence-corrected chi connectivity index (χ3v) is 4.32. The van der Waals surface area contributed by atoms with Crippen molar-refractivity contribution in [2.24, 2.45) is 5.92 Å². The van der Waals surface area contributed by atoms with E-state index in [2.05, 4.69) is 20.8 Å². The summed E-state index contributed by atoms with van der Waals surface area (Å²) in [5, 5.41) is 0. The van der Waals surface area contributed by atoms with E-state index in [0.717, 1.165) is 5.92 Å². The molecule has 0 radical (unpaired) electrons. The summed E-state index contributed by atoms with van der Waals surface area (Å²) < 4.78 is 0. The summed E-state index contributed by atoms with van der Waals surface area (Å²) >= 11 is 0. The van der Waals surface area contributed by atoms with E-state index in [-0.39, 0.29) is 0 Å². The van der Waals surface area contributed by atoms with Crippen molar-refractivity contribution >= 4 is 8.58 Å². The van der Waals surface area contributed by atoms with E-state index < -0.39 is 0 Å². The average molecular weight is 216 g/mol. The van der Waals surface area contributed by atoms with Gasteiger partial charge in [-0.15, -0.1) is 8.58 Å². The van der Waals surface area contributed by atoms with Crippen LogP contribution in [-0.2, 0) is 0 Å².